The van der Waals surface area contributed by atoms with Crippen LogP contribution in [0.2, 0.25) is 10.0 Å². The third kappa shape index (κ3) is 3.85. The second-order valence-electron chi connectivity index (χ2n) is 7.83. The first-order chi connectivity index (χ1) is 14.2. The van der Waals surface area contributed by atoms with Gasteiger partial charge in [0.15, 0.2) is 0 Å². The molecule has 0 bridgehead atoms. The number of anilines is 1. The fourth-order valence-electron chi connectivity index (χ4n) is 4.06. The number of imide groups is 1. The zero-order chi connectivity index (χ0) is 21.6. The van der Waals surface area contributed by atoms with Crippen LogP contribution in [0.1, 0.15) is 25.0 Å². The van der Waals surface area contributed by atoms with Crippen LogP contribution in [0.5, 0.6) is 0 Å². The van der Waals surface area contributed by atoms with E-state index in [4.69, 9.17) is 27.9 Å². The van der Waals surface area contributed by atoms with Gasteiger partial charge in [-0.05, 0) is 44.5 Å². The first kappa shape index (κ1) is 20.9. The number of halogens is 2. The minimum Gasteiger partial charge on any atom is -0.372 e. The third-order valence-electron chi connectivity index (χ3n) is 5.24. The van der Waals surface area contributed by atoms with Crippen LogP contribution in [-0.4, -0.2) is 42.0 Å². The molecule has 30 heavy (non-hydrogen) atoms. The highest BCUT2D eigenvalue weighted by Crippen LogP contribution is 2.37. The van der Waals surface area contributed by atoms with Gasteiger partial charge in [0.1, 0.15) is 5.70 Å². The molecule has 2 aliphatic heterocycles. The lowest BCUT2D eigenvalue weighted by atomic mass is 10.0. The molecule has 2 aliphatic rings. The van der Waals surface area contributed by atoms with E-state index < -0.39 is 0 Å². The van der Waals surface area contributed by atoms with E-state index in [-0.39, 0.29) is 24.0 Å². The van der Waals surface area contributed by atoms with E-state index in [9.17, 15) is 9.59 Å². The van der Waals surface area contributed by atoms with Gasteiger partial charge in [-0.25, -0.2) is 4.90 Å². The second kappa shape index (κ2) is 8.06. The van der Waals surface area contributed by atoms with Gasteiger partial charge in [-0.15, -0.1) is 0 Å². The summed E-state index contributed by atoms with van der Waals surface area (Å²) >= 11 is 12.3. The molecule has 0 saturated carbocycles. The van der Waals surface area contributed by atoms with Crippen molar-refractivity contribution in [2.45, 2.75) is 33.0 Å². The Morgan fingerprint density at radius 3 is 2.03 bits per heavy atom. The van der Waals surface area contributed by atoms with Gasteiger partial charge in [0, 0.05) is 23.1 Å². The molecule has 0 spiro atoms. The van der Waals surface area contributed by atoms with E-state index in [2.05, 4.69) is 0 Å². The normalized spacial score (nSPS) is 22.3. The highest BCUT2D eigenvalue weighted by Gasteiger charge is 2.44. The second-order valence-corrected chi connectivity index (χ2v) is 8.70. The Balaban J connectivity index is 1.85. The molecule has 5 nitrogen and oxygen atoms in total. The molecule has 1 saturated heterocycles. The quantitative estimate of drug-likeness (QED) is 0.643. The van der Waals surface area contributed by atoms with Crippen LogP contribution in [0.3, 0.4) is 0 Å². The van der Waals surface area contributed by atoms with Crippen molar-refractivity contribution in [3.05, 3.63) is 69.3 Å². The van der Waals surface area contributed by atoms with Crippen molar-refractivity contribution in [1.29, 1.82) is 0 Å². The highest BCUT2D eigenvalue weighted by atomic mass is 35.5. The summed E-state index contributed by atoms with van der Waals surface area (Å²) in [5.74, 6) is -0.765. The van der Waals surface area contributed by atoms with E-state index in [0.29, 0.717) is 45.7 Å². The fraction of sp³-hybridized carbons (Fsp3) is 0.304. The number of nitrogens with zero attached hydrogens (tertiary/aromatic N) is 2. The smallest absolute Gasteiger partial charge is 0.282 e. The maximum absolute atomic E-state index is 13.6. The van der Waals surface area contributed by atoms with Crippen molar-refractivity contribution >= 4 is 46.3 Å². The van der Waals surface area contributed by atoms with Crippen molar-refractivity contribution in [1.82, 2.24) is 4.90 Å². The first-order valence-electron chi connectivity index (χ1n) is 9.81. The number of benzene rings is 2. The zero-order valence-corrected chi connectivity index (χ0v) is 18.5. The highest BCUT2D eigenvalue weighted by molar-refractivity contribution is 6.46. The number of hydrogen-bond acceptors (Lipinski definition) is 4. The third-order valence-corrected chi connectivity index (χ3v) is 5.68. The average Bonchev–Trinajstić information content (AvgIpc) is 2.91. The van der Waals surface area contributed by atoms with Crippen LogP contribution >= 0.6 is 23.2 Å². The molecule has 0 N–H and O–H groups in total. The average molecular weight is 445 g/mol. The molecule has 2 aromatic rings. The molecule has 2 heterocycles. The molecule has 1 fully saturated rings. The molecule has 2 unspecified atom stereocenters. The maximum Gasteiger partial charge on any atom is 0.282 e. The lowest BCUT2D eigenvalue weighted by Crippen LogP contribution is -2.47. The van der Waals surface area contributed by atoms with Crippen molar-refractivity contribution in [2.24, 2.45) is 0 Å². The van der Waals surface area contributed by atoms with Crippen LogP contribution in [0.25, 0.3) is 5.57 Å². The van der Waals surface area contributed by atoms with Gasteiger partial charge in [-0.3, -0.25) is 9.59 Å². The molecule has 2 aromatic carbocycles. The minimum atomic E-state index is -0.385. The van der Waals surface area contributed by atoms with Crippen LogP contribution in [0, 0.1) is 6.92 Å². The Morgan fingerprint density at radius 2 is 1.47 bits per heavy atom. The summed E-state index contributed by atoms with van der Waals surface area (Å²) in [5.41, 5.74) is 2.91. The van der Waals surface area contributed by atoms with Gasteiger partial charge in [0.25, 0.3) is 11.8 Å². The molecule has 0 radical (unpaired) electrons. The van der Waals surface area contributed by atoms with Crippen LogP contribution < -0.4 is 4.90 Å². The van der Waals surface area contributed by atoms with Crippen LogP contribution in [-0.2, 0) is 14.3 Å². The number of amides is 2. The molecule has 0 aliphatic carbocycles. The van der Waals surface area contributed by atoms with Crippen molar-refractivity contribution in [3.8, 4) is 0 Å². The fourth-order valence-corrected chi connectivity index (χ4v) is 4.57. The van der Waals surface area contributed by atoms with Gasteiger partial charge in [-0.1, -0.05) is 53.0 Å². The first-order valence-corrected chi connectivity index (χ1v) is 10.6. The summed E-state index contributed by atoms with van der Waals surface area (Å²) in [6.07, 6.45) is -0.115. The predicted molar refractivity (Wildman–Crippen MR) is 119 cm³/mol. The number of hydrogen-bond donors (Lipinski definition) is 0. The number of morpholine rings is 1. The van der Waals surface area contributed by atoms with Gasteiger partial charge in [0.05, 0.1) is 23.5 Å². The number of rotatable bonds is 3. The number of carbonyl (C=O) groups is 2. The summed E-state index contributed by atoms with van der Waals surface area (Å²) < 4.78 is 5.83. The summed E-state index contributed by atoms with van der Waals surface area (Å²) in [4.78, 5) is 30.2. The molecule has 0 aromatic heterocycles. The van der Waals surface area contributed by atoms with E-state index in [0.717, 1.165) is 10.5 Å². The molecular formula is C23H22Cl2N2O3. The lowest BCUT2D eigenvalue weighted by Gasteiger charge is -2.37. The van der Waals surface area contributed by atoms with Gasteiger partial charge in [-0.2, -0.15) is 0 Å². The van der Waals surface area contributed by atoms with Gasteiger partial charge >= 0.3 is 0 Å². The summed E-state index contributed by atoms with van der Waals surface area (Å²) in [6.45, 7) is 6.96. The molecule has 156 valence electrons. The van der Waals surface area contributed by atoms with E-state index >= 15 is 0 Å². The SMILES string of the molecule is Cc1ccc(C2=C(N3CC(C)OC(C)C3)C(=O)N(c3cc(Cl)cc(Cl)c3)C2=O)cc1. The Bertz CT molecular complexity index is 1020. The molecule has 7 heteroatoms. The Labute approximate surface area is 185 Å². The van der Waals surface area contributed by atoms with Crippen molar-refractivity contribution < 1.29 is 14.3 Å². The van der Waals surface area contributed by atoms with E-state index in [1.54, 1.807) is 18.2 Å². The lowest BCUT2D eigenvalue weighted by molar-refractivity contribution is -0.121. The number of ether oxygens (including phenoxy) is 1. The van der Waals surface area contributed by atoms with Crippen LogP contribution in [0.15, 0.2) is 48.2 Å². The summed E-state index contributed by atoms with van der Waals surface area (Å²) in [7, 11) is 0. The van der Waals surface area contributed by atoms with Gasteiger partial charge < -0.3 is 9.64 Å². The van der Waals surface area contributed by atoms with Crippen molar-refractivity contribution in [2.75, 3.05) is 18.0 Å². The Morgan fingerprint density at radius 1 is 0.900 bits per heavy atom. The molecule has 2 amide bonds. The standard InChI is InChI=1S/C23H22Cl2N2O3/c1-13-4-6-16(7-5-13)20-21(26-11-14(2)30-15(3)12-26)23(29)27(22(20)28)19-9-17(24)8-18(25)10-19/h4-10,14-15H,11-12H2,1-3H3. The van der Waals surface area contributed by atoms with Gasteiger partial charge in [0.2, 0.25) is 0 Å². The van der Waals surface area contributed by atoms with E-state index in [1.165, 1.54) is 0 Å². The van der Waals surface area contributed by atoms with Crippen molar-refractivity contribution in [3.63, 3.8) is 0 Å². The van der Waals surface area contributed by atoms with E-state index in [1.807, 2.05) is 49.9 Å². The Hall–Kier alpha value is -2.34. The maximum atomic E-state index is 13.6. The van der Waals surface area contributed by atoms with Crippen LogP contribution in [0.4, 0.5) is 5.69 Å². The largest absolute Gasteiger partial charge is 0.372 e. The summed E-state index contributed by atoms with van der Waals surface area (Å²) in [6, 6.07) is 12.3. The monoisotopic (exact) mass is 444 g/mol. The molecule has 2 atom stereocenters. The topological polar surface area (TPSA) is 49.9 Å². The summed E-state index contributed by atoms with van der Waals surface area (Å²) in [5, 5.41) is 0.717. The molecule has 4 rings (SSSR count). The number of aryl methyl sites for hydroxylation is 1. The minimum absolute atomic E-state index is 0.0573. The molecular weight excluding hydrogens is 423 g/mol. The Kier molecular flexibility index (Phi) is 5.62. The number of carbonyl (C=O) groups excluding carboxylic acids is 2. The predicted octanol–water partition coefficient (Wildman–Crippen LogP) is 4.70. The zero-order valence-electron chi connectivity index (χ0n) is 17.0.